The van der Waals surface area contributed by atoms with E-state index in [9.17, 15) is 9.59 Å². The van der Waals surface area contributed by atoms with E-state index in [-0.39, 0.29) is 18.4 Å². The van der Waals surface area contributed by atoms with Crippen LogP contribution in [-0.2, 0) is 16.1 Å². The Bertz CT molecular complexity index is 451. The number of ether oxygens (including phenoxy) is 1. The van der Waals surface area contributed by atoms with Crippen LogP contribution in [0.25, 0.3) is 0 Å². The highest BCUT2D eigenvalue weighted by atomic mass is 16.5. The van der Waals surface area contributed by atoms with Gasteiger partial charge in [0.05, 0.1) is 13.2 Å². The number of carbonyl (C=O) groups is 2. The SMILES string of the molecule is CC(CNC(=O)NCCCC(=O)O)COCc1ccccc1. The summed E-state index contributed by atoms with van der Waals surface area (Å²) < 4.78 is 5.60. The van der Waals surface area contributed by atoms with Crippen LogP contribution in [0.3, 0.4) is 0 Å². The molecule has 22 heavy (non-hydrogen) atoms. The number of carboxylic acid groups (broad SMARTS) is 1. The van der Waals surface area contributed by atoms with Crippen molar-refractivity contribution in [3.05, 3.63) is 35.9 Å². The Morgan fingerprint density at radius 1 is 1.23 bits per heavy atom. The van der Waals surface area contributed by atoms with Crippen LogP contribution < -0.4 is 10.6 Å². The summed E-state index contributed by atoms with van der Waals surface area (Å²) in [7, 11) is 0. The minimum Gasteiger partial charge on any atom is -0.481 e. The first-order chi connectivity index (χ1) is 10.6. The molecule has 0 aliphatic carbocycles. The molecule has 1 unspecified atom stereocenters. The highest BCUT2D eigenvalue weighted by molar-refractivity contribution is 5.73. The van der Waals surface area contributed by atoms with E-state index in [1.54, 1.807) is 0 Å². The molecule has 0 bridgehead atoms. The van der Waals surface area contributed by atoms with Gasteiger partial charge in [-0.1, -0.05) is 37.3 Å². The molecule has 2 amide bonds. The summed E-state index contributed by atoms with van der Waals surface area (Å²) in [5.41, 5.74) is 1.12. The van der Waals surface area contributed by atoms with Crippen molar-refractivity contribution in [1.82, 2.24) is 10.6 Å². The van der Waals surface area contributed by atoms with Crippen LogP contribution in [0.4, 0.5) is 4.79 Å². The molecule has 0 radical (unpaired) electrons. The highest BCUT2D eigenvalue weighted by Gasteiger charge is 2.06. The second kappa shape index (κ2) is 10.6. The number of benzene rings is 1. The monoisotopic (exact) mass is 308 g/mol. The summed E-state index contributed by atoms with van der Waals surface area (Å²) in [6.45, 7) is 3.99. The molecule has 1 aromatic carbocycles. The third kappa shape index (κ3) is 8.97. The van der Waals surface area contributed by atoms with Gasteiger partial charge in [0, 0.05) is 19.5 Å². The van der Waals surface area contributed by atoms with Gasteiger partial charge < -0.3 is 20.5 Å². The number of aliphatic carboxylic acids is 1. The van der Waals surface area contributed by atoms with E-state index in [1.165, 1.54) is 0 Å². The smallest absolute Gasteiger partial charge is 0.314 e. The number of rotatable bonds is 10. The van der Waals surface area contributed by atoms with Crippen LogP contribution in [0.15, 0.2) is 30.3 Å². The average molecular weight is 308 g/mol. The van der Waals surface area contributed by atoms with Gasteiger partial charge >= 0.3 is 12.0 Å². The van der Waals surface area contributed by atoms with Gasteiger partial charge in [0.2, 0.25) is 0 Å². The van der Waals surface area contributed by atoms with Gasteiger partial charge in [-0.05, 0) is 17.9 Å². The Morgan fingerprint density at radius 3 is 2.64 bits per heavy atom. The summed E-state index contributed by atoms with van der Waals surface area (Å²) in [6, 6.07) is 9.64. The van der Waals surface area contributed by atoms with Crippen molar-refractivity contribution in [2.75, 3.05) is 19.7 Å². The predicted octanol–water partition coefficient (Wildman–Crippen LogP) is 2.00. The van der Waals surface area contributed by atoms with Gasteiger partial charge in [0.15, 0.2) is 0 Å². The van der Waals surface area contributed by atoms with E-state index in [2.05, 4.69) is 10.6 Å². The van der Waals surface area contributed by atoms with E-state index in [1.807, 2.05) is 37.3 Å². The normalized spacial score (nSPS) is 11.7. The molecule has 6 nitrogen and oxygen atoms in total. The van der Waals surface area contributed by atoms with E-state index in [0.29, 0.717) is 32.7 Å². The van der Waals surface area contributed by atoms with Crippen LogP contribution in [-0.4, -0.2) is 36.8 Å². The van der Waals surface area contributed by atoms with Gasteiger partial charge in [-0.25, -0.2) is 4.79 Å². The number of carboxylic acids is 1. The number of carbonyl (C=O) groups excluding carboxylic acids is 1. The molecule has 6 heteroatoms. The largest absolute Gasteiger partial charge is 0.481 e. The molecular weight excluding hydrogens is 284 g/mol. The first-order valence-corrected chi connectivity index (χ1v) is 7.43. The molecule has 0 spiro atoms. The number of urea groups is 1. The van der Waals surface area contributed by atoms with E-state index in [0.717, 1.165) is 5.56 Å². The molecule has 1 rings (SSSR count). The number of amides is 2. The van der Waals surface area contributed by atoms with Crippen molar-refractivity contribution in [3.63, 3.8) is 0 Å². The fraction of sp³-hybridized carbons (Fsp3) is 0.500. The van der Waals surface area contributed by atoms with Gasteiger partial charge in [0.1, 0.15) is 0 Å². The molecule has 0 aromatic heterocycles. The third-order valence-electron chi connectivity index (χ3n) is 2.98. The molecule has 0 heterocycles. The maximum absolute atomic E-state index is 11.5. The Balaban J connectivity index is 2.03. The van der Waals surface area contributed by atoms with Gasteiger partial charge in [-0.2, -0.15) is 0 Å². The molecular formula is C16H24N2O4. The third-order valence-corrected chi connectivity index (χ3v) is 2.98. The lowest BCUT2D eigenvalue weighted by Gasteiger charge is -2.13. The summed E-state index contributed by atoms with van der Waals surface area (Å²) in [5, 5.41) is 13.8. The first-order valence-electron chi connectivity index (χ1n) is 7.43. The van der Waals surface area contributed by atoms with Crippen molar-refractivity contribution in [3.8, 4) is 0 Å². The maximum Gasteiger partial charge on any atom is 0.314 e. The fourth-order valence-corrected chi connectivity index (χ4v) is 1.78. The minimum absolute atomic E-state index is 0.0595. The zero-order chi connectivity index (χ0) is 16.2. The molecule has 1 aromatic rings. The van der Waals surface area contributed by atoms with Crippen LogP contribution in [0.1, 0.15) is 25.3 Å². The van der Waals surface area contributed by atoms with E-state index < -0.39 is 5.97 Å². The van der Waals surface area contributed by atoms with Crippen molar-refractivity contribution in [1.29, 1.82) is 0 Å². The summed E-state index contributed by atoms with van der Waals surface area (Å²) in [4.78, 5) is 21.8. The Labute approximate surface area is 130 Å². The van der Waals surface area contributed by atoms with Crippen molar-refractivity contribution in [2.45, 2.75) is 26.4 Å². The standard InChI is InChI=1S/C16H24N2O4/c1-13(11-22-12-14-6-3-2-4-7-14)10-18-16(21)17-9-5-8-15(19)20/h2-4,6-7,13H,5,8-12H2,1H3,(H,19,20)(H2,17,18,21). The van der Waals surface area contributed by atoms with E-state index >= 15 is 0 Å². The van der Waals surface area contributed by atoms with Gasteiger partial charge in [0.25, 0.3) is 0 Å². The van der Waals surface area contributed by atoms with Crippen LogP contribution >= 0.6 is 0 Å². The van der Waals surface area contributed by atoms with Crippen molar-refractivity contribution < 1.29 is 19.4 Å². The van der Waals surface area contributed by atoms with Gasteiger partial charge in [-0.3, -0.25) is 4.79 Å². The highest BCUT2D eigenvalue weighted by Crippen LogP contribution is 2.02. The lowest BCUT2D eigenvalue weighted by Crippen LogP contribution is -2.39. The molecule has 0 fully saturated rings. The molecule has 0 aliphatic heterocycles. The fourth-order valence-electron chi connectivity index (χ4n) is 1.78. The summed E-state index contributed by atoms with van der Waals surface area (Å²) in [5.74, 6) is -0.653. The molecule has 0 saturated carbocycles. The van der Waals surface area contributed by atoms with Crippen molar-refractivity contribution >= 4 is 12.0 Å². The summed E-state index contributed by atoms with van der Waals surface area (Å²) in [6.07, 6.45) is 0.489. The van der Waals surface area contributed by atoms with Crippen LogP contribution in [0, 0.1) is 5.92 Å². The van der Waals surface area contributed by atoms with Gasteiger partial charge in [-0.15, -0.1) is 0 Å². The molecule has 1 atom stereocenters. The maximum atomic E-state index is 11.5. The number of hydrogen-bond acceptors (Lipinski definition) is 3. The number of nitrogens with one attached hydrogen (secondary N) is 2. The van der Waals surface area contributed by atoms with Crippen LogP contribution in [0.5, 0.6) is 0 Å². The molecule has 3 N–H and O–H groups in total. The number of hydrogen-bond donors (Lipinski definition) is 3. The topological polar surface area (TPSA) is 87.7 Å². The molecule has 0 saturated heterocycles. The predicted molar refractivity (Wildman–Crippen MR) is 83.5 cm³/mol. The lowest BCUT2D eigenvalue weighted by molar-refractivity contribution is -0.137. The Hall–Kier alpha value is -2.08. The molecule has 122 valence electrons. The second-order valence-corrected chi connectivity index (χ2v) is 5.24. The van der Waals surface area contributed by atoms with Crippen LogP contribution in [0.2, 0.25) is 0 Å². The summed E-state index contributed by atoms with van der Waals surface area (Å²) >= 11 is 0. The minimum atomic E-state index is -0.855. The Morgan fingerprint density at radius 2 is 1.95 bits per heavy atom. The zero-order valence-electron chi connectivity index (χ0n) is 12.9. The Kier molecular flexibility index (Phi) is 8.67. The second-order valence-electron chi connectivity index (χ2n) is 5.24. The zero-order valence-corrected chi connectivity index (χ0v) is 12.9. The quantitative estimate of drug-likeness (QED) is 0.577. The molecule has 0 aliphatic rings. The van der Waals surface area contributed by atoms with E-state index in [4.69, 9.17) is 9.84 Å². The van der Waals surface area contributed by atoms with Crippen molar-refractivity contribution in [2.24, 2.45) is 5.92 Å². The first kappa shape index (κ1) is 18.0. The lowest BCUT2D eigenvalue weighted by atomic mass is 10.2. The average Bonchev–Trinajstić information content (AvgIpc) is 2.50.